The summed E-state index contributed by atoms with van der Waals surface area (Å²) in [6, 6.07) is 6.21. The summed E-state index contributed by atoms with van der Waals surface area (Å²) >= 11 is 6.10. The Morgan fingerprint density at radius 3 is 2.89 bits per heavy atom. The molecule has 0 amide bonds. The van der Waals surface area contributed by atoms with Crippen molar-refractivity contribution < 1.29 is 4.74 Å². The first-order valence-corrected chi connectivity index (χ1v) is 7.01. The summed E-state index contributed by atoms with van der Waals surface area (Å²) in [6.07, 6.45) is 4.07. The molecule has 0 aliphatic heterocycles. The van der Waals surface area contributed by atoms with Crippen LogP contribution in [0.5, 0.6) is 0 Å². The van der Waals surface area contributed by atoms with Crippen LogP contribution in [-0.2, 0) is 17.7 Å². The van der Waals surface area contributed by atoms with Crippen molar-refractivity contribution in [3.63, 3.8) is 0 Å². The molecule has 1 atom stereocenters. The van der Waals surface area contributed by atoms with Gasteiger partial charge in [-0.2, -0.15) is 0 Å². The third-order valence-electron chi connectivity index (χ3n) is 3.22. The van der Waals surface area contributed by atoms with E-state index < -0.39 is 0 Å². The molecular formula is C15H21ClN2O. The van der Waals surface area contributed by atoms with Gasteiger partial charge in [0.05, 0.1) is 0 Å². The third kappa shape index (κ3) is 3.50. The van der Waals surface area contributed by atoms with Gasteiger partial charge in [0.1, 0.15) is 0 Å². The Kier molecular flexibility index (Phi) is 4.86. The predicted octanol–water partition coefficient (Wildman–Crippen LogP) is 3.22. The smallest absolute Gasteiger partial charge is 0.0498 e. The summed E-state index contributed by atoms with van der Waals surface area (Å²) in [5.41, 5.74) is 8.39. The number of fused-ring (bicyclic) bond motifs is 1. The quantitative estimate of drug-likeness (QED) is 0.826. The molecule has 2 N–H and O–H groups in total. The van der Waals surface area contributed by atoms with Crippen LogP contribution in [0.2, 0.25) is 5.02 Å². The number of nitrogens with zero attached hydrogens (tertiary/aromatic N) is 1. The normalized spacial score (nSPS) is 13.1. The number of methoxy groups -OCH3 is 1. The highest BCUT2D eigenvalue weighted by Crippen LogP contribution is 2.26. The topological polar surface area (TPSA) is 40.2 Å². The molecule has 0 fully saturated rings. The van der Waals surface area contributed by atoms with Gasteiger partial charge in [0, 0.05) is 48.4 Å². The average molecular weight is 281 g/mol. The lowest BCUT2D eigenvalue weighted by molar-refractivity contribution is 0.190. The van der Waals surface area contributed by atoms with Crippen LogP contribution in [0.3, 0.4) is 0 Å². The molecule has 1 heterocycles. The summed E-state index contributed by atoms with van der Waals surface area (Å²) < 4.78 is 7.36. The Balaban J connectivity index is 2.35. The lowest BCUT2D eigenvalue weighted by Gasteiger charge is -2.04. The molecule has 2 rings (SSSR count). The minimum absolute atomic E-state index is 0.161. The van der Waals surface area contributed by atoms with Crippen LogP contribution in [0.15, 0.2) is 24.4 Å². The first-order valence-electron chi connectivity index (χ1n) is 6.63. The fourth-order valence-corrected chi connectivity index (χ4v) is 2.58. The zero-order chi connectivity index (χ0) is 13.8. The summed E-state index contributed by atoms with van der Waals surface area (Å²) in [7, 11) is 1.73. The molecule has 2 aromatic rings. The molecular weight excluding hydrogens is 260 g/mol. The highest BCUT2D eigenvalue weighted by atomic mass is 35.5. The lowest BCUT2D eigenvalue weighted by Crippen LogP contribution is -2.17. The number of nitrogens with two attached hydrogens (primary N) is 1. The number of rotatable bonds is 6. The number of benzene rings is 1. The van der Waals surface area contributed by atoms with Gasteiger partial charge < -0.3 is 15.0 Å². The van der Waals surface area contributed by atoms with Crippen molar-refractivity contribution in [2.24, 2.45) is 5.73 Å². The Morgan fingerprint density at radius 2 is 2.21 bits per heavy atom. The molecule has 1 aromatic carbocycles. The van der Waals surface area contributed by atoms with Gasteiger partial charge in [-0.3, -0.25) is 0 Å². The zero-order valence-corrected chi connectivity index (χ0v) is 12.3. The SMILES string of the molecule is COCCCn1cc(CC(C)N)c2ccc(Cl)cc21. The maximum atomic E-state index is 6.10. The van der Waals surface area contributed by atoms with Gasteiger partial charge in [-0.15, -0.1) is 0 Å². The van der Waals surface area contributed by atoms with Crippen molar-refractivity contribution >= 4 is 22.5 Å². The van der Waals surface area contributed by atoms with E-state index in [1.54, 1.807) is 7.11 Å². The Morgan fingerprint density at radius 1 is 1.42 bits per heavy atom. The number of aromatic nitrogens is 1. The molecule has 1 unspecified atom stereocenters. The Bertz CT molecular complexity index is 548. The second kappa shape index (κ2) is 6.42. The number of hydrogen-bond acceptors (Lipinski definition) is 2. The second-order valence-electron chi connectivity index (χ2n) is 5.04. The van der Waals surface area contributed by atoms with Crippen LogP contribution < -0.4 is 5.73 Å². The van der Waals surface area contributed by atoms with E-state index in [-0.39, 0.29) is 6.04 Å². The minimum atomic E-state index is 0.161. The molecule has 0 radical (unpaired) electrons. The average Bonchev–Trinajstić information content (AvgIpc) is 2.67. The molecule has 104 valence electrons. The molecule has 4 heteroatoms. The third-order valence-corrected chi connectivity index (χ3v) is 3.45. The van der Waals surface area contributed by atoms with Gasteiger partial charge in [-0.1, -0.05) is 17.7 Å². The first-order chi connectivity index (χ1) is 9.11. The van der Waals surface area contributed by atoms with Crippen LogP contribution in [-0.4, -0.2) is 24.3 Å². The largest absolute Gasteiger partial charge is 0.385 e. The molecule has 0 aliphatic carbocycles. The van der Waals surface area contributed by atoms with Gasteiger partial charge in [-0.05, 0) is 37.5 Å². The van der Waals surface area contributed by atoms with Gasteiger partial charge in [0.2, 0.25) is 0 Å². The number of ether oxygens (including phenoxy) is 1. The molecule has 1 aromatic heterocycles. The van der Waals surface area contributed by atoms with Crippen LogP contribution in [0.1, 0.15) is 18.9 Å². The van der Waals surface area contributed by atoms with Crippen molar-refractivity contribution in [2.45, 2.75) is 32.4 Å². The number of halogens is 1. The standard InChI is InChI=1S/C15H21ClN2O/c1-11(17)8-12-10-18(6-3-7-19-2)15-9-13(16)4-5-14(12)15/h4-5,9-11H,3,6-8,17H2,1-2H3. The first kappa shape index (κ1) is 14.4. The summed E-state index contributed by atoms with van der Waals surface area (Å²) in [5, 5.41) is 2.02. The highest BCUT2D eigenvalue weighted by molar-refractivity contribution is 6.31. The van der Waals surface area contributed by atoms with E-state index in [1.807, 2.05) is 19.1 Å². The Hall–Kier alpha value is -1.03. The van der Waals surface area contributed by atoms with Gasteiger partial charge in [0.25, 0.3) is 0 Å². The zero-order valence-electron chi connectivity index (χ0n) is 11.5. The van der Waals surface area contributed by atoms with Gasteiger partial charge >= 0.3 is 0 Å². The van der Waals surface area contributed by atoms with Crippen molar-refractivity contribution in [3.05, 3.63) is 35.0 Å². The number of aryl methyl sites for hydroxylation is 1. The fraction of sp³-hybridized carbons (Fsp3) is 0.467. The highest BCUT2D eigenvalue weighted by Gasteiger charge is 2.10. The van der Waals surface area contributed by atoms with E-state index in [1.165, 1.54) is 16.5 Å². The Labute approximate surface area is 119 Å². The van der Waals surface area contributed by atoms with E-state index in [0.29, 0.717) is 0 Å². The molecule has 0 saturated heterocycles. The van der Waals surface area contributed by atoms with Crippen molar-refractivity contribution in [3.8, 4) is 0 Å². The fourth-order valence-electron chi connectivity index (χ4n) is 2.41. The van der Waals surface area contributed by atoms with Crippen LogP contribution in [0.4, 0.5) is 0 Å². The summed E-state index contributed by atoms with van der Waals surface area (Å²) in [5.74, 6) is 0. The second-order valence-corrected chi connectivity index (χ2v) is 5.47. The van der Waals surface area contributed by atoms with Crippen molar-refractivity contribution in [1.29, 1.82) is 0 Å². The van der Waals surface area contributed by atoms with Crippen molar-refractivity contribution in [1.82, 2.24) is 4.57 Å². The van der Waals surface area contributed by atoms with Crippen molar-refractivity contribution in [2.75, 3.05) is 13.7 Å². The molecule has 19 heavy (non-hydrogen) atoms. The molecule has 0 aliphatic rings. The van der Waals surface area contributed by atoms with E-state index >= 15 is 0 Å². The minimum Gasteiger partial charge on any atom is -0.385 e. The number of hydrogen-bond donors (Lipinski definition) is 1. The van der Waals surface area contributed by atoms with E-state index in [0.717, 1.165) is 31.0 Å². The molecule has 3 nitrogen and oxygen atoms in total. The van der Waals surface area contributed by atoms with Crippen LogP contribution in [0.25, 0.3) is 10.9 Å². The van der Waals surface area contributed by atoms with Crippen LogP contribution >= 0.6 is 11.6 Å². The van der Waals surface area contributed by atoms with E-state index in [2.05, 4.69) is 16.8 Å². The predicted molar refractivity (Wildman–Crippen MR) is 80.8 cm³/mol. The van der Waals surface area contributed by atoms with E-state index in [9.17, 15) is 0 Å². The van der Waals surface area contributed by atoms with Gasteiger partial charge in [-0.25, -0.2) is 0 Å². The molecule has 0 saturated carbocycles. The maximum absolute atomic E-state index is 6.10. The summed E-state index contributed by atoms with van der Waals surface area (Å²) in [6.45, 7) is 3.73. The summed E-state index contributed by atoms with van der Waals surface area (Å²) in [4.78, 5) is 0. The monoisotopic (exact) mass is 280 g/mol. The van der Waals surface area contributed by atoms with E-state index in [4.69, 9.17) is 22.1 Å². The maximum Gasteiger partial charge on any atom is 0.0498 e. The molecule has 0 bridgehead atoms. The lowest BCUT2D eigenvalue weighted by atomic mass is 10.1. The van der Waals surface area contributed by atoms with Crippen LogP contribution in [0, 0.1) is 0 Å². The molecule has 0 spiro atoms. The van der Waals surface area contributed by atoms with Gasteiger partial charge in [0.15, 0.2) is 0 Å².